The first-order valence-corrected chi connectivity index (χ1v) is 7.38. The van der Waals surface area contributed by atoms with Gasteiger partial charge >= 0.3 is 0 Å². The summed E-state index contributed by atoms with van der Waals surface area (Å²) >= 11 is 1.27. The first-order valence-electron chi connectivity index (χ1n) is 6.50. The van der Waals surface area contributed by atoms with E-state index < -0.39 is 5.37 Å². The Morgan fingerprint density at radius 3 is 2.55 bits per heavy atom. The number of nitrogens with one attached hydrogen (secondary N) is 1. The Kier molecular flexibility index (Phi) is 4.92. The molecule has 0 saturated heterocycles. The molecular weight excluding hydrogens is 306 g/mol. The van der Waals surface area contributed by atoms with Gasteiger partial charge in [-0.05, 0) is 12.1 Å². The normalized spacial score (nSPS) is 17.0. The van der Waals surface area contributed by atoms with E-state index in [-0.39, 0.29) is 11.8 Å². The van der Waals surface area contributed by atoms with Crippen LogP contribution in [0.5, 0.6) is 11.5 Å². The number of thioether (sulfide) groups is 1. The van der Waals surface area contributed by atoms with E-state index in [0.29, 0.717) is 16.7 Å². The molecule has 1 atom stereocenters. The van der Waals surface area contributed by atoms with Crippen LogP contribution in [0.1, 0.15) is 24.8 Å². The highest BCUT2D eigenvalue weighted by Gasteiger charge is 2.34. The summed E-state index contributed by atoms with van der Waals surface area (Å²) in [6, 6.07) is 5.34. The van der Waals surface area contributed by atoms with Crippen molar-refractivity contribution in [1.29, 1.82) is 0 Å². The maximum absolute atomic E-state index is 11.8. The van der Waals surface area contributed by atoms with E-state index >= 15 is 0 Å². The largest absolute Gasteiger partial charge is 0.497 e. The molecule has 1 heterocycles. The zero-order chi connectivity index (χ0) is 16.3. The van der Waals surface area contributed by atoms with Crippen LogP contribution in [0.15, 0.2) is 23.3 Å². The van der Waals surface area contributed by atoms with Gasteiger partial charge in [-0.2, -0.15) is 0 Å². The monoisotopic (exact) mass is 323 g/mol. The highest BCUT2D eigenvalue weighted by molar-refractivity contribution is 8.14. The lowest BCUT2D eigenvalue weighted by Gasteiger charge is -2.21. The molecule has 118 valence electrons. The number of hydrazone groups is 1. The third-order valence-electron chi connectivity index (χ3n) is 2.96. The topological polar surface area (TPSA) is 80.2 Å². The number of methoxy groups -OCH3 is 2. The van der Waals surface area contributed by atoms with Crippen LogP contribution in [0.2, 0.25) is 0 Å². The summed E-state index contributed by atoms with van der Waals surface area (Å²) in [5.41, 5.74) is 0.771. The fourth-order valence-corrected chi connectivity index (χ4v) is 3.15. The summed E-state index contributed by atoms with van der Waals surface area (Å²) in [7, 11) is 3.12. The fourth-order valence-electron chi connectivity index (χ4n) is 1.99. The molecule has 2 rings (SSSR count). The van der Waals surface area contributed by atoms with Crippen molar-refractivity contribution in [2.45, 2.75) is 19.2 Å². The molecule has 1 N–H and O–H groups in total. The van der Waals surface area contributed by atoms with Crippen molar-refractivity contribution in [1.82, 2.24) is 10.3 Å². The van der Waals surface area contributed by atoms with Crippen LogP contribution in [0.4, 0.5) is 0 Å². The van der Waals surface area contributed by atoms with Crippen LogP contribution < -0.4 is 14.8 Å². The predicted molar refractivity (Wildman–Crippen MR) is 83.6 cm³/mol. The maximum Gasteiger partial charge on any atom is 0.241 e. The van der Waals surface area contributed by atoms with Crippen molar-refractivity contribution in [2.24, 2.45) is 5.10 Å². The average molecular weight is 323 g/mol. The average Bonchev–Trinajstić information content (AvgIpc) is 2.89. The van der Waals surface area contributed by atoms with Crippen molar-refractivity contribution < 1.29 is 19.1 Å². The Morgan fingerprint density at radius 2 is 2.00 bits per heavy atom. The number of amides is 2. The number of nitrogens with zero attached hydrogens (tertiary/aromatic N) is 2. The number of hydrogen-bond acceptors (Lipinski definition) is 6. The van der Waals surface area contributed by atoms with Gasteiger partial charge in [0.25, 0.3) is 0 Å². The zero-order valence-corrected chi connectivity index (χ0v) is 13.6. The van der Waals surface area contributed by atoms with Crippen LogP contribution >= 0.6 is 11.8 Å². The number of carbonyl (C=O) groups is 2. The van der Waals surface area contributed by atoms with Crippen LogP contribution in [-0.2, 0) is 9.59 Å². The van der Waals surface area contributed by atoms with Gasteiger partial charge < -0.3 is 14.8 Å². The van der Waals surface area contributed by atoms with Gasteiger partial charge in [0.1, 0.15) is 16.9 Å². The molecule has 0 spiro atoms. The van der Waals surface area contributed by atoms with E-state index in [2.05, 4.69) is 10.4 Å². The Morgan fingerprint density at radius 1 is 1.27 bits per heavy atom. The van der Waals surface area contributed by atoms with Crippen LogP contribution in [0.3, 0.4) is 0 Å². The van der Waals surface area contributed by atoms with E-state index in [0.717, 1.165) is 5.56 Å². The van der Waals surface area contributed by atoms with Crippen LogP contribution in [0.25, 0.3) is 0 Å². The molecule has 7 nitrogen and oxygen atoms in total. The molecule has 0 bridgehead atoms. The van der Waals surface area contributed by atoms with E-state index in [9.17, 15) is 9.59 Å². The highest BCUT2D eigenvalue weighted by atomic mass is 32.2. The summed E-state index contributed by atoms with van der Waals surface area (Å²) in [5.74, 6) is 0.774. The number of ether oxygens (including phenoxy) is 2. The molecule has 0 aliphatic carbocycles. The summed E-state index contributed by atoms with van der Waals surface area (Å²) in [6.45, 7) is 2.81. The molecule has 1 aliphatic heterocycles. The van der Waals surface area contributed by atoms with Gasteiger partial charge in [0.05, 0.1) is 14.2 Å². The minimum atomic E-state index is -0.403. The smallest absolute Gasteiger partial charge is 0.241 e. The molecule has 0 aromatic heterocycles. The lowest BCUT2D eigenvalue weighted by molar-refractivity contribution is -0.129. The lowest BCUT2D eigenvalue weighted by atomic mass is 10.2. The third-order valence-corrected chi connectivity index (χ3v) is 4.04. The number of benzene rings is 1. The SMILES string of the molecule is COc1ccc(C2SC(NC(C)=O)=NN2C(C)=O)c(OC)c1. The van der Waals surface area contributed by atoms with Crippen LogP contribution in [0, 0.1) is 0 Å². The fraction of sp³-hybridized carbons (Fsp3) is 0.357. The van der Waals surface area contributed by atoms with Gasteiger partial charge in [-0.1, -0.05) is 11.8 Å². The molecule has 22 heavy (non-hydrogen) atoms. The zero-order valence-electron chi connectivity index (χ0n) is 12.7. The summed E-state index contributed by atoms with van der Waals surface area (Å²) in [6.07, 6.45) is 0. The predicted octanol–water partition coefficient (Wildman–Crippen LogP) is 1.70. The van der Waals surface area contributed by atoms with Crippen molar-refractivity contribution in [2.75, 3.05) is 14.2 Å². The van der Waals surface area contributed by atoms with Gasteiger partial charge in [-0.15, -0.1) is 5.10 Å². The van der Waals surface area contributed by atoms with Gasteiger partial charge in [0.15, 0.2) is 5.17 Å². The molecular formula is C14H17N3O4S. The van der Waals surface area contributed by atoms with E-state index in [4.69, 9.17) is 9.47 Å². The van der Waals surface area contributed by atoms with Crippen molar-refractivity contribution in [3.05, 3.63) is 23.8 Å². The number of rotatable bonds is 3. The van der Waals surface area contributed by atoms with E-state index in [1.54, 1.807) is 26.4 Å². The standard InChI is InChI=1S/C14H17N3O4S/c1-8(18)15-14-16-17(9(2)19)13(22-14)11-6-5-10(20-3)7-12(11)21-4/h5-7,13H,1-4H3,(H,15,16,18). The molecule has 8 heteroatoms. The molecule has 0 radical (unpaired) electrons. The molecule has 0 fully saturated rings. The quantitative estimate of drug-likeness (QED) is 0.916. The third kappa shape index (κ3) is 3.33. The molecule has 1 unspecified atom stereocenters. The van der Waals surface area contributed by atoms with Gasteiger partial charge in [0, 0.05) is 25.5 Å². The lowest BCUT2D eigenvalue weighted by Crippen LogP contribution is -2.25. The first kappa shape index (κ1) is 16.2. The molecule has 1 aromatic carbocycles. The summed E-state index contributed by atoms with van der Waals surface area (Å²) in [4.78, 5) is 23.0. The van der Waals surface area contributed by atoms with Gasteiger partial charge in [0.2, 0.25) is 11.8 Å². The van der Waals surface area contributed by atoms with Gasteiger partial charge in [-0.3, -0.25) is 9.59 Å². The maximum atomic E-state index is 11.8. The Balaban J connectivity index is 2.35. The van der Waals surface area contributed by atoms with Crippen molar-refractivity contribution in [3.63, 3.8) is 0 Å². The second-order valence-corrected chi connectivity index (χ2v) is 5.60. The number of amidine groups is 1. The molecule has 1 aliphatic rings. The summed E-state index contributed by atoms with van der Waals surface area (Å²) < 4.78 is 10.5. The van der Waals surface area contributed by atoms with Crippen molar-refractivity contribution >= 4 is 28.7 Å². The Hall–Kier alpha value is -2.22. The molecule has 0 saturated carbocycles. The highest BCUT2D eigenvalue weighted by Crippen LogP contribution is 2.43. The second-order valence-electron chi connectivity index (χ2n) is 4.53. The minimum absolute atomic E-state index is 0.226. The van der Waals surface area contributed by atoms with Crippen LogP contribution in [-0.4, -0.2) is 36.2 Å². The first-order chi connectivity index (χ1) is 10.5. The second kappa shape index (κ2) is 6.69. The summed E-state index contributed by atoms with van der Waals surface area (Å²) in [5, 5.41) is 8.05. The van der Waals surface area contributed by atoms with Gasteiger partial charge in [-0.25, -0.2) is 5.01 Å². The number of hydrogen-bond donors (Lipinski definition) is 1. The number of carbonyl (C=O) groups excluding carboxylic acids is 2. The molecule has 1 aromatic rings. The van der Waals surface area contributed by atoms with Crippen molar-refractivity contribution in [3.8, 4) is 11.5 Å². The Bertz CT molecular complexity index is 633. The minimum Gasteiger partial charge on any atom is -0.497 e. The van der Waals surface area contributed by atoms with E-state index in [1.165, 1.54) is 30.6 Å². The molecule has 2 amide bonds. The Labute approximate surface area is 132 Å². The van der Waals surface area contributed by atoms with E-state index in [1.807, 2.05) is 6.07 Å².